The molecule has 114 valence electrons. The van der Waals surface area contributed by atoms with Gasteiger partial charge in [-0.2, -0.15) is 0 Å². The van der Waals surface area contributed by atoms with E-state index in [9.17, 15) is 14.7 Å². The molecule has 1 aliphatic rings. The predicted octanol–water partition coefficient (Wildman–Crippen LogP) is 2.99. The highest BCUT2D eigenvalue weighted by Gasteiger charge is 2.29. The maximum absolute atomic E-state index is 12.7. The molecule has 0 unspecified atom stereocenters. The van der Waals surface area contributed by atoms with Crippen LogP contribution >= 0.6 is 0 Å². The van der Waals surface area contributed by atoms with Gasteiger partial charge in [0.1, 0.15) is 0 Å². The van der Waals surface area contributed by atoms with Crippen LogP contribution in [-0.4, -0.2) is 41.1 Å². The summed E-state index contributed by atoms with van der Waals surface area (Å²) in [5, 5.41) is 9.30. The van der Waals surface area contributed by atoms with Crippen LogP contribution in [0.25, 0.3) is 0 Å². The van der Waals surface area contributed by atoms with Crippen molar-refractivity contribution in [3.63, 3.8) is 0 Å². The number of rotatable bonds is 3. The Morgan fingerprint density at radius 3 is 2.67 bits per heavy atom. The Balaban J connectivity index is 2.41. The van der Waals surface area contributed by atoms with Crippen molar-refractivity contribution in [2.24, 2.45) is 0 Å². The van der Waals surface area contributed by atoms with Crippen molar-refractivity contribution in [1.29, 1.82) is 0 Å². The van der Waals surface area contributed by atoms with E-state index in [4.69, 9.17) is 0 Å². The quantitative estimate of drug-likeness (QED) is 0.931. The van der Waals surface area contributed by atoms with Gasteiger partial charge >= 0.3 is 12.0 Å². The Hall–Kier alpha value is -2.04. The van der Waals surface area contributed by atoms with E-state index in [1.807, 2.05) is 26.8 Å². The van der Waals surface area contributed by atoms with Gasteiger partial charge in [-0.25, -0.2) is 9.59 Å². The molecule has 5 nitrogen and oxygen atoms in total. The third-order valence-corrected chi connectivity index (χ3v) is 3.92. The molecule has 1 N–H and O–H groups in total. The monoisotopic (exact) mass is 290 g/mol. The molecule has 1 aromatic rings. The van der Waals surface area contributed by atoms with Crippen molar-refractivity contribution in [2.45, 2.75) is 39.7 Å². The smallest absolute Gasteiger partial charge is 0.336 e. The van der Waals surface area contributed by atoms with Gasteiger partial charge in [0.15, 0.2) is 0 Å². The SMILES string of the molecule is CCN(C(=O)N1CCCc2c(C(=O)O)cccc21)C(C)C. The zero-order chi connectivity index (χ0) is 15.6. The van der Waals surface area contributed by atoms with Crippen LogP contribution in [0.2, 0.25) is 0 Å². The molecule has 0 spiro atoms. The van der Waals surface area contributed by atoms with E-state index < -0.39 is 5.97 Å². The third kappa shape index (κ3) is 2.86. The Bertz CT molecular complexity index is 554. The topological polar surface area (TPSA) is 60.9 Å². The molecule has 0 atom stereocenters. The second-order valence-electron chi connectivity index (χ2n) is 5.53. The predicted molar refractivity (Wildman–Crippen MR) is 82.0 cm³/mol. The summed E-state index contributed by atoms with van der Waals surface area (Å²) in [4.78, 5) is 27.6. The van der Waals surface area contributed by atoms with Crippen LogP contribution < -0.4 is 4.90 Å². The minimum absolute atomic E-state index is 0.0454. The summed E-state index contributed by atoms with van der Waals surface area (Å²) in [6, 6.07) is 5.23. The van der Waals surface area contributed by atoms with Crippen LogP contribution in [0, 0.1) is 0 Å². The standard InChI is InChI=1S/C16H22N2O3/c1-4-17(11(2)3)16(21)18-10-6-8-12-13(15(19)20)7-5-9-14(12)18/h5,7,9,11H,4,6,8,10H2,1-3H3,(H,19,20). The number of hydrogen-bond acceptors (Lipinski definition) is 2. The molecule has 0 bridgehead atoms. The van der Waals surface area contributed by atoms with Gasteiger partial charge in [0.05, 0.1) is 5.56 Å². The van der Waals surface area contributed by atoms with E-state index >= 15 is 0 Å². The lowest BCUT2D eigenvalue weighted by Crippen LogP contribution is -2.48. The number of carboxylic acid groups (broad SMARTS) is 1. The lowest BCUT2D eigenvalue weighted by atomic mass is 9.96. The van der Waals surface area contributed by atoms with E-state index in [1.165, 1.54) is 0 Å². The molecule has 5 heteroatoms. The number of carbonyl (C=O) groups excluding carboxylic acids is 1. The first kappa shape index (κ1) is 15.4. The molecular weight excluding hydrogens is 268 g/mol. The number of carbonyl (C=O) groups is 2. The number of benzene rings is 1. The third-order valence-electron chi connectivity index (χ3n) is 3.92. The second kappa shape index (κ2) is 6.16. The Labute approximate surface area is 125 Å². The summed E-state index contributed by atoms with van der Waals surface area (Å²) in [7, 11) is 0. The van der Waals surface area contributed by atoms with E-state index in [1.54, 1.807) is 21.9 Å². The van der Waals surface area contributed by atoms with Crippen LogP contribution in [0.3, 0.4) is 0 Å². The molecule has 0 saturated heterocycles. The molecule has 1 heterocycles. The van der Waals surface area contributed by atoms with Crippen LogP contribution in [0.5, 0.6) is 0 Å². The number of urea groups is 1. The molecule has 1 aliphatic heterocycles. The Morgan fingerprint density at radius 2 is 2.10 bits per heavy atom. The van der Waals surface area contributed by atoms with Crippen LogP contribution in [0.15, 0.2) is 18.2 Å². The van der Waals surface area contributed by atoms with Gasteiger partial charge in [-0.05, 0) is 51.3 Å². The second-order valence-corrected chi connectivity index (χ2v) is 5.53. The van der Waals surface area contributed by atoms with Gasteiger partial charge in [0, 0.05) is 24.8 Å². The van der Waals surface area contributed by atoms with E-state index in [-0.39, 0.29) is 12.1 Å². The summed E-state index contributed by atoms with van der Waals surface area (Å²) < 4.78 is 0. The largest absolute Gasteiger partial charge is 0.478 e. The van der Waals surface area contributed by atoms with Gasteiger partial charge in [-0.15, -0.1) is 0 Å². The number of aromatic carboxylic acids is 1. The Morgan fingerprint density at radius 1 is 1.38 bits per heavy atom. The van der Waals surface area contributed by atoms with Gasteiger partial charge in [-0.1, -0.05) is 6.07 Å². The highest BCUT2D eigenvalue weighted by molar-refractivity contribution is 5.97. The first-order chi connectivity index (χ1) is 9.97. The Kier molecular flexibility index (Phi) is 4.50. The molecule has 0 aliphatic carbocycles. The molecule has 1 aromatic carbocycles. The zero-order valence-corrected chi connectivity index (χ0v) is 12.8. The fourth-order valence-electron chi connectivity index (χ4n) is 2.90. The maximum Gasteiger partial charge on any atom is 0.336 e. The number of amides is 2. The highest BCUT2D eigenvalue weighted by atomic mass is 16.4. The van der Waals surface area contributed by atoms with Crippen molar-refractivity contribution in [2.75, 3.05) is 18.0 Å². The number of carboxylic acids is 1. The molecule has 21 heavy (non-hydrogen) atoms. The molecule has 0 saturated carbocycles. The van der Waals surface area contributed by atoms with E-state index in [0.717, 1.165) is 17.7 Å². The highest BCUT2D eigenvalue weighted by Crippen LogP contribution is 2.31. The van der Waals surface area contributed by atoms with E-state index in [2.05, 4.69) is 0 Å². The molecule has 0 radical (unpaired) electrons. The number of nitrogens with zero attached hydrogens (tertiary/aromatic N) is 2. The lowest BCUT2D eigenvalue weighted by molar-refractivity contribution is 0.0695. The average molecular weight is 290 g/mol. The van der Waals surface area contributed by atoms with Gasteiger partial charge in [-0.3, -0.25) is 4.90 Å². The van der Waals surface area contributed by atoms with E-state index in [0.29, 0.717) is 25.1 Å². The normalized spacial score (nSPS) is 14.0. The number of anilines is 1. The summed E-state index contributed by atoms with van der Waals surface area (Å²) in [6.45, 7) is 7.20. The average Bonchev–Trinajstić information content (AvgIpc) is 2.45. The minimum atomic E-state index is -0.933. The molecule has 0 fully saturated rings. The molecule has 0 aromatic heterocycles. The van der Waals surface area contributed by atoms with Crippen LogP contribution in [0.4, 0.5) is 10.5 Å². The molecular formula is C16H22N2O3. The van der Waals surface area contributed by atoms with Crippen molar-refractivity contribution in [3.05, 3.63) is 29.3 Å². The van der Waals surface area contributed by atoms with Crippen molar-refractivity contribution < 1.29 is 14.7 Å². The lowest BCUT2D eigenvalue weighted by Gasteiger charge is -2.36. The van der Waals surface area contributed by atoms with Crippen LogP contribution in [0.1, 0.15) is 43.1 Å². The summed E-state index contributed by atoms with van der Waals surface area (Å²) in [6.07, 6.45) is 1.49. The summed E-state index contributed by atoms with van der Waals surface area (Å²) in [5.41, 5.74) is 1.81. The summed E-state index contributed by atoms with van der Waals surface area (Å²) in [5.74, 6) is -0.933. The fraction of sp³-hybridized carbons (Fsp3) is 0.500. The van der Waals surface area contributed by atoms with Crippen molar-refractivity contribution >= 4 is 17.7 Å². The van der Waals surface area contributed by atoms with Crippen molar-refractivity contribution in [1.82, 2.24) is 4.90 Å². The molecule has 2 amide bonds. The first-order valence-corrected chi connectivity index (χ1v) is 7.40. The fourth-order valence-corrected chi connectivity index (χ4v) is 2.90. The van der Waals surface area contributed by atoms with Gasteiger partial charge < -0.3 is 10.0 Å². The maximum atomic E-state index is 12.7. The zero-order valence-electron chi connectivity index (χ0n) is 12.8. The summed E-state index contributed by atoms with van der Waals surface area (Å²) >= 11 is 0. The van der Waals surface area contributed by atoms with Gasteiger partial charge in [0.2, 0.25) is 0 Å². The number of fused-ring (bicyclic) bond motifs is 1. The van der Waals surface area contributed by atoms with Crippen molar-refractivity contribution in [3.8, 4) is 0 Å². The van der Waals surface area contributed by atoms with Gasteiger partial charge in [0.25, 0.3) is 0 Å². The van der Waals surface area contributed by atoms with Crippen LogP contribution in [-0.2, 0) is 6.42 Å². The molecule has 2 rings (SSSR count). The number of hydrogen-bond donors (Lipinski definition) is 1. The first-order valence-electron chi connectivity index (χ1n) is 7.40. The minimum Gasteiger partial charge on any atom is -0.478 e.